The minimum absolute atomic E-state index is 0.0754. The zero-order valence-corrected chi connectivity index (χ0v) is 25.5. The summed E-state index contributed by atoms with van der Waals surface area (Å²) in [6, 6.07) is 18.7. The van der Waals surface area contributed by atoms with Crippen LogP contribution >= 0.6 is 0 Å². The Morgan fingerprint density at radius 2 is 1.57 bits per heavy atom. The maximum atomic E-state index is 7.09. The van der Waals surface area contributed by atoms with Crippen molar-refractivity contribution in [1.29, 1.82) is 0 Å². The van der Waals surface area contributed by atoms with Crippen molar-refractivity contribution in [2.75, 3.05) is 0 Å². The Morgan fingerprint density at radius 1 is 0.850 bits per heavy atom. The minimum atomic E-state index is -0.0754. The van der Waals surface area contributed by atoms with Crippen molar-refractivity contribution in [3.8, 4) is 22.8 Å². The number of ether oxygens (including phenoxy) is 1. The maximum Gasteiger partial charge on any atom is 0.228 e. The fraction of sp³-hybridized carbons (Fsp3) is 0.395. The van der Waals surface area contributed by atoms with Gasteiger partial charge in [-0.1, -0.05) is 76.6 Å². The molecule has 0 radical (unpaired) electrons. The van der Waals surface area contributed by atoms with Gasteiger partial charge in [0.2, 0.25) is 5.69 Å². The van der Waals surface area contributed by atoms with Crippen molar-refractivity contribution >= 4 is 32.3 Å². The van der Waals surface area contributed by atoms with Crippen molar-refractivity contribution in [2.45, 2.75) is 85.5 Å². The zero-order valence-electron chi connectivity index (χ0n) is 25.5. The topological polar surface area (TPSA) is 13.1 Å². The number of hydrogen-bond donors (Lipinski definition) is 0. The minimum Gasteiger partial charge on any atom is -0.455 e. The van der Waals surface area contributed by atoms with Gasteiger partial charge in [0.25, 0.3) is 0 Å². The average Bonchev–Trinajstić information content (AvgIpc) is 2.89. The van der Waals surface area contributed by atoms with E-state index in [2.05, 4.69) is 115 Å². The van der Waals surface area contributed by atoms with Crippen LogP contribution in [0.2, 0.25) is 0 Å². The molecule has 0 amide bonds. The molecule has 0 unspecified atom stereocenters. The molecule has 40 heavy (non-hydrogen) atoms. The molecule has 2 nitrogen and oxygen atoms in total. The molecule has 1 aliphatic heterocycles. The van der Waals surface area contributed by atoms with Crippen LogP contribution in [0, 0.1) is 19.3 Å². The first-order chi connectivity index (χ1) is 18.9. The number of rotatable bonds is 1. The lowest BCUT2D eigenvalue weighted by Crippen LogP contribution is -2.32. The predicted molar refractivity (Wildman–Crippen MR) is 169 cm³/mol. The summed E-state index contributed by atoms with van der Waals surface area (Å²) in [7, 11) is 2.18. The highest BCUT2D eigenvalue weighted by Gasteiger charge is 2.36. The van der Waals surface area contributed by atoms with Gasteiger partial charge in [-0.05, 0) is 95.0 Å². The lowest BCUT2D eigenvalue weighted by atomic mass is 9.71. The van der Waals surface area contributed by atoms with Crippen LogP contribution in [-0.2, 0) is 12.5 Å². The van der Waals surface area contributed by atoms with Crippen LogP contribution in [0.3, 0.4) is 0 Å². The number of aryl methyl sites for hydroxylation is 3. The van der Waals surface area contributed by atoms with Crippen LogP contribution in [0.15, 0.2) is 54.7 Å². The summed E-state index contributed by atoms with van der Waals surface area (Å²) < 4.78 is 9.39. The molecule has 0 bridgehead atoms. The van der Waals surface area contributed by atoms with Crippen molar-refractivity contribution in [1.82, 2.24) is 0 Å². The van der Waals surface area contributed by atoms with Gasteiger partial charge in [-0.2, -0.15) is 0 Å². The Kier molecular flexibility index (Phi) is 5.47. The normalized spacial score (nSPS) is 16.9. The molecule has 0 spiro atoms. The third kappa shape index (κ3) is 3.79. The fourth-order valence-corrected chi connectivity index (χ4v) is 7.63. The SMILES string of the molecule is Cc1ccc2c(C(C)(C)C)c3c(c(C)c2c1)-c1c2c(cc4cc(C5CCC(C)(C)CC5)ccc4c2cc[n+]1C)O3. The second-order valence-corrected chi connectivity index (χ2v) is 14.5. The maximum absolute atomic E-state index is 7.09. The zero-order chi connectivity index (χ0) is 28.1. The summed E-state index contributed by atoms with van der Waals surface area (Å²) in [6.45, 7) is 16.3. The van der Waals surface area contributed by atoms with Crippen LogP contribution in [0.1, 0.15) is 88.5 Å². The van der Waals surface area contributed by atoms with Crippen LogP contribution in [0.5, 0.6) is 11.5 Å². The van der Waals surface area contributed by atoms with Gasteiger partial charge >= 0.3 is 0 Å². The fourth-order valence-electron chi connectivity index (χ4n) is 7.63. The Labute approximate surface area is 239 Å². The van der Waals surface area contributed by atoms with Crippen LogP contribution in [0.4, 0.5) is 0 Å². The lowest BCUT2D eigenvalue weighted by Gasteiger charge is -2.34. The van der Waals surface area contributed by atoms with E-state index in [0.29, 0.717) is 11.3 Å². The molecule has 1 saturated carbocycles. The summed E-state index contributed by atoms with van der Waals surface area (Å²) in [4.78, 5) is 0. The van der Waals surface area contributed by atoms with E-state index in [1.54, 1.807) is 0 Å². The van der Waals surface area contributed by atoms with Crippen LogP contribution < -0.4 is 9.30 Å². The molecular formula is C38H42NO+. The van der Waals surface area contributed by atoms with Gasteiger partial charge in [-0.25, -0.2) is 4.57 Å². The average molecular weight is 529 g/mol. The number of aromatic nitrogens is 1. The molecule has 0 N–H and O–H groups in total. The first-order valence-electron chi connectivity index (χ1n) is 15.1. The van der Waals surface area contributed by atoms with E-state index in [-0.39, 0.29) is 5.41 Å². The smallest absolute Gasteiger partial charge is 0.228 e. The largest absolute Gasteiger partial charge is 0.455 e. The quantitative estimate of drug-likeness (QED) is 0.153. The molecule has 5 aromatic rings. The number of fused-ring (bicyclic) bond motifs is 5. The highest BCUT2D eigenvalue weighted by Crippen LogP contribution is 2.54. The van der Waals surface area contributed by atoms with Crippen molar-refractivity contribution in [3.05, 3.63) is 77.0 Å². The van der Waals surface area contributed by atoms with Crippen molar-refractivity contribution in [3.63, 3.8) is 0 Å². The van der Waals surface area contributed by atoms with Gasteiger partial charge < -0.3 is 4.74 Å². The van der Waals surface area contributed by atoms with Gasteiger partial charge in [0, 0.05) is 17.0 Å². The Bertz CT molecular complexity index is 1860. The lowest BCUT2D eigenvalue weighted by molar-refractivity contribution is -0.659. The van der Waals surface area contributed by atoms with E-state index in [1.165, 1.54) is 91.5 Å². The van der Waals surface area contributed by atoms with Gasteiger partial charge in [-0.15, -0.1) is 0 Å². The second-order valence-electron chi connectivity index (χ2n) is 14.5. The van der Waals surface area contributed by atoms with Gasteiger partial charge in [0.1, 0.15) is 18.5 Å². The van der Waals surface area contributed by atoms with E-state index in [1.807, 2.05) is 0 Å². The third-order valence-electron chi connectivity index (χ3n) is 9.91. The Hall–Kier alpha value is -3.39. The number of hydrogen-bond acceptors (Lipinski definition) is 1. The Morgan fingerprint density at radius 3 is 2.30 bits per heavy atom. The van der Waals surface area contributed by atoms with E-state index in [4.69, 9.17) is 4.74 Å². The summed E-state index contributed by atoms with van der Waals surface area (Å²) in [5.41, 5.74) is 8.28. The summed E-state index contributed by atoms with van der Waals surface area (Å²) in [5.74, 6) is 2.67. The summed E-state index contributed by atoms with van der Waals surface area (Å²) in [5, 5.41) is 7.75. The first kappa shape index (κ1) is 25.6. The van der Waals surface area contributed by atoms with E-state index in [0.717, 1.165) is 11.5 Å². The summed E-state index contributed by atoms with van der Waals surface area (Å²) >= 11 is 0. The standard InChI is InChI=1S/C38H42NO/c1-22-9-11-29-30(19-22)23(2)32-35-33-28(15-18-39(35)8)27-12-10-25(24-13-16-38(6,7)17-14-24)20-26(27)21-31(33)40-36(32)34(29)37(3,4)5/h9-12,15,18-21,24H,13-14,16-17H2,1-8H3/q+1. The van der Waals surface area contributed by atoms with Crippen LogP contribution in [0.25, 0.3) is 43.6 Å². The highest BCUT2D eigenvalue weighted by atomic mass is 16.5. The molecule has 1 fully saturated rings. The van der Waals surface area contributed by atoms with Crippen LogP contribution in [-0.4, -0.2) is 0 Å². The summed E-state index contributed by atoms with van der Waals surface area (Å²) in [6.07, 6.45) is 7.42. The predicted octanol–water partition coefficient (Wildman–Crippen LogP) is 10.3. The molecule has 2 heteroatoms. The molecule has 2 aliphatic rings. The molecule has 4 aromatic carbocycles. The molecule has 1 aliphatic carbocycles. The van der Waals surface area contributed by atoms with E-state index in [9.17, 15) is 0 Å². The molecule has 7 rings (SSSR count). The molecule has 204 valence electrons. The first-order valence-corrected chi connectivity index (χ1v) is 15.1. The van der Waals surface area contributed by atoms with Crippen molar-refractivity contribution in [2.24, 2.45) is 12.5 Å². The van der Waals surface area contributed by atoms with Gasteiger partial charge in [0.15, 0.2) is 6.20 Å². The number of nitrogens with zero attached hydrogens (tertiary/aromatic N) is 1. The molecule has 0 atom stereocenters. The molecule has 0 saturated heterocycles. The van der Waals surface area contributed by atoms with E-state index < -0.39 is 0 Å². The molecular weight excluding hydrogens is 486 g/mol. The number of pyridine rings is 1. The van der Waals surface area contributed by atoms with Gasteiger partial charge in [-0.3, -0.25) is 0 Å². The molecule has 2 heterocycles. The monoisotopic (exact) mass is 528 g/mol. The second kappa shape index (κ2) is 8.56. The molecule has 1 aromatic heterocycles. The third-order valence-corrected chi connectivity index (χ3v) is 9.91. The Balaban J connectivity index is 1.51. The van der Waals surface area contributed by atoms with E-state index >= 15 is 0 Å². The van der Waals surface area contributed by atoms with Crippen molar-refractivity contribution < 1.29 is 9.30 Å². The highest BCUT2D eigenvalue weighted by molar-refractivity contribution is 6.16. The van der Waals surface area contributed by atoms with Gasteiger partial charge in [0.05, 0.1) is 10.9 Å². The number of benzene rings is 4.